The van der Waals surface area contributed by atoms with E-state index in [4.69, 9.17) is 0 Å². The Labute approximate surface area is 112 Å². The molecule has 1 aromatic heterocycles. The van der Waals surface area contributed by atoms with Gasteiger partial charge in [0.05, 0.1) is 6.04 Å². The molecule has 2 heterocycles. The van der Waals surface area contributed by atoms with Gasteiger partial charge in [-0.05, 0) is 24.6 Å². The van der Waals surface area contributed by atoms with E-state index in [1.54, 1.807) is 0 Å². The maximum Gasteiger partial charge on any atom is 0.254 e. The van der Waals surface area contributed by atoms with Crippen molar-refractivity contribution in [1.82, 2.24) is 15.2 Å². The minimum absolute atomic E-state index is 0.151. The molecular weight excluding hydrogens is 238 g/mol. The molecule has 0 aliphatic carbocycles. The van der Waals surface area contributed by atoms with Crippen LogP contribution in [0.25, 0.3) is 10.9 Å². The second kappa shape index (κ2) is 5.05. The average molecular weight is 257 g/mol. The summed E-state index contributed by atoms with van der Waals surface area (Å²) in [5.41, 5.74) is 1.83. The summed E-state index contributed by atoms with van der Waals surface area (Å²) < 4.78 is 0. The number of nitrogens with zero attached hydrogens (tertiary/aromatic N) is 1. The molecule has 3 rings (SSSR count). The third-order valence-electron chi connectivity index (χ3n) is 3.75. The maximum absolute atomic E-state index is 12.8. The number of amides is 1. The molecule has 2 aromatic rings. The summed E-state index contributed by atoms with van der Waals surface area (Å²) in [5.74, 6) is 0.151. The SMILES string of the molecule is CCCN(C(=O)c1cccc2[nH]ccc12)C1CNC1. The Kier molecular flexibility index (Phi) is 3.25. The second-order valence-electron chi connectivity index (χ2n) is 5.06. The molecule has 19 heavy (non-hydrogen) atoms. The zero-order chi connectivity index (χ0) is 13.2. The highest BCUT2D eigenvalue weighted by molar-refractivity contribution is 6.06. The lowest BCUT2D eigenvalue weighted by Crippen LogP contribution is -2.59. The van der Waals surface area contributed by atoms with Gasteiger partial charge in [0.2, 0.25) is 0 Å². The van der Waals surface area contributed by atoms with Crippen LogP contribution in [0.1, 0.15) is 23.7 Å². The van der Waals surface area contributed by atoms with E-state index in [-0.39, 0.29) is 5.91 Å². The Morgan fingerprint density at radius 3 is 2.89 bits per heavy atom. The molecule has 1 aliphatic rings. The van der Waals surface area contributed by atoms with Crippen LogP contribution < -0.4 is 5.32 Å². The first-order valence-electron chi connectivity index (χ1n) is 6.89. The van der Waals surface area contributed by atoms with Crippen LogP contribution in [0.4, 0.5) is 0 Å². The highest BCUT2D eigenvalue weighted by Crippen LogP contribution is 2.21. The Bertz CT molecular complexity index is 586. The number of carbonyl (C=O) groups is 1. The van der Waals surface area contributed by atoms with E-state index in [0.717, 1.165) is 42.5 Å². The molecule has 0 spiro atoms. The van der Waals surface area contributed by atoms with Crippen LogP contribution in [-0.4, -0.2) is 41.5 Å². The Morgan fingerprint density at radius 2 is 2.21 bits per heavy atom. The van der Waals surface area contributed by atoms with Gasteiger partial charge >= 0.3 is 0 Å². The van der Waals surface area contributed by atoms with Crippen molar-refractivity contribution in [3.63, 3.8) is 0 Å². The van der Waals surface area contributed by atoms with Gasteiger partial charge in [-0.1, -0.05) is 13.0 Å². The molecule has 0 bridgehead atoms. The van der Waals surface area contributed by atoms with Crippen molar-refractivity contribution >= 4 is 16.8 Å². The minimum atomic E-state index is 0.151. The first-order valence-corrected chi connectivity index (χ1v) is 6.89. The number of nitrogens with one attached hydrogen (secondary N) is 2. The molecule has 0 unspecified atom stereocenters. The van der Waals surface area contributed by atoms with Crippen molar-refractivity contribution < 1.29 is 4.79 Å². The standard InChI is InChI=1S/C15H19N3O/c1-2-8-18(11-9-16-10-11)15(19)13-4-3-5-14-12(13)6-7-17-14/h3-7,11,16-17H,2,8-10H2,1H3. The van der Waals surface area contributed by atoms with E-state index in [9.17, 15) is 4.79 Å². The van der Waals surface area contributed by atoms with Gasteiger partial charge in [0.25, 0.3) is 5.91 Å². The van der Waals surface area contributed by atoms with Crippen molar-refractivity contribution in [2.24, 2.45) is 0 Å². The van der Waals surface area contributed by atoms with Gasteiger partial charge in [0, 0.05) is 42.3 Å². The van der Waals surface area contributed by atoms with Crippen molar-refractivity contribution in [2.75, 3.05) is 19.6 Å². The van der Waals surface area contributed by atoms with Gasteiger partial charge in [-0.3, -0.25) is 4.79 Å². The number of hydrogen-bond donors (Lipinski definition) is 2. The first kappa shape index (κ1) is 12.2. The number of hydrogen-bond acceptors (Lipinski definition) is 2. The van der Waals surface area contributed by atoms with Crippen LogP contribution in [0, 0.1) is 0 Å². The number of fused-ring (bicyclic) bond motifs is 1. The molecule has 1 aliphatic heterocycles. The average Bonchev–Trinajstić information content (AvgIpc) is 2.83. The molecule has 1 aromatic carbocycles. The molecule has 2 N–H and O–H groups in total. The van der Waals surface area contributed by atoms with Gasteiger partial charge in [-0.25, -0.2) is 0 Å². The van der Waals surface area contributed by atoms with E-state index < -0.39 is 0 Å². The molecule has 0 radical (unpaired) electrons. The van der Waals surface area contributed by atoms with E-state index in [1.165, 1.54) is 0 Å². The van der Waals surface area contributed by atoms with Crippen molar-refractivity contribution in [3.8, 4) is 0 Å². The van der Waals surface area contributed by atoms with Gasteiger partial charge < -0.3 is 15.2 Å². The van der Waals surface area contributed by atoms with E-state index in [2.05, 4.69) is 17.2 Å². The fourth-order valence-corrected chi connectivity index (χ4v) is 2.61. The lowest BCUT2D eigenvalue weighted by Gasteiger charge is -2.38. The summed E-state index contributed by atoms with van der Waals surface area (Å²) in [6.45, 7) is 4.76. The maximum atomic E-state index is 12.8. The van der Waals surface area contributed by atoms with Gasteiger partial charge in [0.1, 0.15) is 0 Å². The van der Waals surface area contributed by atoms with Gasteiger partial charge in [-0.15, -0.1) is 0 Å². The summed E-state index contributed by atoms with van der Waals surface area (Å²) in [4.78, 5) is 17.9. The smallest absolute Gasteiger partial charge is 0.254 e. The van der Waals surface area contributed by atoms with Crippen molar-refractivity contribution in [1.29, 1.82) is 0 Å². The quantitative estimate of drug-likeness (QED) is 0.880. The topological polar surface area (TPSA) is 48.1 Å². The van der Waals surface area contributed by atoms with Gasteiger partial charge in [-0.2, -0.15) is 0 Å². The molecule has 0 atom stereocenters. The van der Waals surface area contributed by atoms with Crippen LogP contribution in [0.3, 0.4) is 0 Å². The largest absolute Gasteiger partial charge is 0.361 e. The molecule has 1 saturated heterocycles. The number of benzene rings is 1. The van der Waals surface area contributed by atoms with Gasteiger partial charge in [0.15, 0.2) is 0 Å². The first-order chi connectivity index (χ1) is 9.31. The second-order valence-corrected chi connectivity index (χ2v) is 5.06. The third kappa shape index (κ3) is 2.12. The molecular formula is C15H19N3O. The summed E-state index contributed by atoms with van der Waals surface area (Å²) in [6.07, 6.45) is 2.88. The molecule has 4 heteroatoms. The lowest BCUT2D eigenvalue weighted by atomic mass is 10.1. The monoisotopic (exact) mass is 257 g/mol. The predicted molar refractivity (Wildman–Crippen MR) is 76.3 cm³/mol. The fourth-order valence-electron chi connectivity index (χ4n) is 2.61. The van der Waals surface area contributed by atoms with Crippen LogP contribution in [-0.2, 0) is 0 Å². The van der Waals surface area contributed by atoms with E-state index in [1.807, 2.05) is 35.4 Å². The summed E-state index contributed by atoms with van der Waals surface area (Å²) >= 11 is 0. The molecule has 100 valence electrons. The number of rotatable bonds is 4. The third-order valence-corrected chi connectivity index (χ3v) is 3.75. The van der Waals surface area contributed by atoms with E-state index >= 15 is 0 Å². The number of H-pyrrole nitrogens is 1. The summed E-state index contributed by atoms with van der Waals surface area (Å²) in [7, 11) is 0. The molecule has 0 saturated carbocycles. The number of carbonyl (C=O) groups excluding carboxylic acids is 1. The predicted octanol–water partition coefficient (Wildman–Crippen LogP) is 1.99. The lowest BCUT2D eigenvalue weighted by molar-refractivity contribution is 0.0618. The van der Waals surface area contributed by atoms with Crippen LogP contribution >= 0.6 is 0 Å². The number of aromatic nitrogens is 1. The van der Waals surface area contributed by atoms with Crippen LogP contribution in [0.5, 0.6) is 0 Å². The minimum Gasteiger partial charge on any atom is -0.361 e. The highest BCUT2D eigenvalue weighted by Gasteiger charge is 2.29. The Balaban J connectivity index is 1.94. The summed E-state index contributed by atoms with van der Waals surface area (Å²) in [5, 5.41) is 4.25. The molecule has 4 nitrogen and oxygen atoms in total. The summed E-state index contributed by atoms with van der Waals surface area (Å²) in [6, 6.07) is 8.19. The zero-order valence-corrected chi connectivity index (χ0v) is 11.1. The van der Waals surface area contributed by atoms with Crippen molar-refractivity contribution in [3.05, 3.63) is 36.0 Å². The molecule has 1 amide bonds. The van der Waals surface area contributed by atoms with Crippen LogP contribution in [0.15, 0.2) is 30.5 Å². The normalized spacial score (nSPS) is 15.4. The fraction of sp³-hybridized carbons (Fsp3) is 0.400. The van der Waals surface area contributed by atoms with E-state index in [0.29, 0.717) is 6.04 Å². The highest BCUT2D eigenvalue weighted by atomic mass is 16.2. The zero-order valence-electron chi connectivity index (χ0n) is 11.1. The molecule has 1 fully saturated rings. The number of aromatic amines is 1. The van der Waals surface area contributed by atoms with Crippen LogP contribution in [0.2, 0.25) is 0 Å². The Hall–Kier alpha value is -1.81. The van der Waals surface area contributed by atoms with Crippen molar-refractivity contribution in [2.45, 2.75) is 19.4 Å². The Morgan fingerprint density at radius 1 is 1.37 bits per heavy atom.